The highest BCUT2D eigenvalue weighted by Crippen LogP contribution is 2.87. The fraction of sp³-hybridized carbons (Fsp3) is 1.00. The second-order valence-electron chi connectivity index (χ2n) is 7.43. The molecule has 0 aromatic rings. The van der Waals surface area contributed by atoms with E-state index in [1.54, 1.807) is 0 Å². The first kappa shape index (κ1) is 11.8. The first-order valence-electron chi connectivity index (χ1n) is 6.72. The van der Waals surface area contributed by atoms with Crippen molar-refractivity contribution in [1.82, 2.24) is 0 Å². The van der Waals surface area contributed by atoms with E-state index in [4.69, 9.17) is 0 Å². The summed E-state index contributed by atoms with van der Waals surface area (Å²) in [6, 6.07) is 0. The molecule has 15 heavy (non-hydrogen) atoms. The molecule has 2 fully saturated rings. The third kappa shape index (κ3) is 1.11. The summed E-state index contributed by atoms with van der Waals surface area (Å²) in [6.07, 6.45) is 1.37. The van der Waals surface area contributed by atoms with E-state index in [9.17, 15) is 0 Å². The first-order valence-corrected chi connectivity index (χ1v) is 6.72. The van der Waals surface area contributed by atoms with Crippen molar-refractivity contribution in [3.8, 4) is 0 Å². The average Bonchev–Trinajstić information content (AvgIpc) is 2.62. The lowest BCUT2D eigenvalue weighted by Crippen LogP contribution is -2.34. The fourth-order valence-electron chi connectivity index (χ4n) is 5.46. The second-order valence-corrected chi connectivity index (χ2v) is 7.43. The van der Waals surface area contributed by atoms with Crippen LogP contribution in [0.1, 0.15) is 27.2 Å². The first-order chi connectivity index (χ1) is 6.72. The van der Waals surface area contributed by atoms with Crippen molar-refractivity contribution in [3.63, 3.8) is 0 Å². The summed E-state index contributed by atoms with van der Waals surface area (Å²) < 4.78 is 0. The topological polar surface area (TPSA) is 0 Å². The highest BCUT2D eigenvalue weighted by molar-refractivity contribution is 6.85. The van der Waals surface area contributed by atoms with Crippen LogP contribution in [0.2, 0.25) is 15.6 Å². The Bertz CT molecular complexity index is 290. The van der Waals surface area contributed by atoms with Gasteiger partial charge in [0, 0.05) is 0 Å². The van der Waals surface area contributed by atoms with Crippen molar-refractivity contribution in [2.75, 3.05) is 0 Å². The van der Waals surface area contributed by atoms with E-state index in [0.717, 1.165) is 17.8 Å². The highest BCUT2D eigenvalue weighted by atomic mass is 14.6. The van der Waals surface area contributed by atoms with Gasteiger partial charge in [0.25, 0.3) is 0 Å². The van der Waals surface area contributed by atoms with Crippen molar-refractivity contribution in [2.45, 2.75) is 42.8 Å². The molecular formula is C10H23B5. The molecule has 4 unspecified atom stereocenters. The molecule has 1 aliphatic carbocycles. The van der Waals surface area contributed by atoms with Crippen LogP contribution in [-0.4, -0.2) is 38.7 Å². The maximum atomic E-state index is 2.55. The number of hydrogen-bond acceptors (Lipinski definition) is 0. The molecule has 4 atom stereocenters. The summed E-state index contributed by atoms with van der Waals surface area (Å²) in [4.78, 5) is 0. The normalized spacial score (nSPS) is 51.2. The summed E-state index contributed by atoms with van der Waals surface area (Å²) >= 11 is 0. The van der Waals surface area contributed by atoms with Gasteiger partial charge in [-0.3, -0.25) is 0 Å². The maximum absolute atomic E-state index is 2.55. The van der Waals surface area contributed by atoms with Crippen LogP contribution in [0.15, 0.2) is 0 Å². The van der Waals surface area contributed by atoms with Crippen molar-refractivity contribution >= 4 is 38.7 Å². The van der Waals surface area contributed by atoms with Gasteiger partial charge in [0.2, 0.25) is 0 Å². The molecule has 0 nitrogen and oxygen atoms in total. The van der Waals surface area contributed by atoms with E-state index in [1.807, 2.05) is 0 Å². The minimum Gasteiger partial charge on any atom is -0.0967 e. The average molecular weight is 197 g/mol. The molecule has 78 valence electrons. The van der Waals surface area contributed by atoms with Gasteiger partial charge in [-0.25, -0.2) is 0 Å². The Kier molecular flexibility index (Phi) is 2.33. The molecule has 2 rings (SSSR count). The number of rotatable bonds is 2. The van der Waals surface area contributed by atoms with E-state index in [-0.39, 0.29) is 0 Å². The predicted octanol–water partition coefficient (Wildman–Crippen LogP) is -1.37. The maximum Gasteiger partial charge on any atom is 0.115 e. The molecule has 1 heterocycles. The Morgan fingerprint density at radius 1 is 1.20 bits per heavy atom. The molecule has 0 N–H and O–H groups in total. The lowest BCUT2D eigenvalue weighted by Gasteiger charge is -2.41. The molecule has 0 bridgehead atoms. The molecular weight excluding hydrogens is 174 g/mol. The van der Waals surface area contributed by atoms with Gasteiger partial charge in [-0.15, -0.1) is 0 Å². The van der Waals surface area contributed by atoms with Gasteiger partial charge < -0.3 is 0 Å². The van der Waals surface area contributed by atoms with E-state index < -0.39 is 0 Å². The molecule has 0 aromatic heterocycles. The SMILES string of the molecule is BC1(B)C(C(C)C)C(CC)C2(B)BC12B. The molecule has 1 saturated heterocycles. The minimum atomic E-state index is 0.538. The third-order valence-electron chi connectivity index (χ3n) is 6.52. The monoisotopic (exact) mass is 198 g/mol. The van der Waals surface area contributed by atoms with Crippen LogP contribution < -0.4 is 0 Å². The Morgan fingerprint density at radius 3 is 2.07 bits per heavy atom. The zero-order valence-electron chi connectivity index (χ0n) is 11.6. The fourth-order valence-corrected chi connectivity index (χ4v) is 5.46. The van der Waals surface area contributed by atoms with Crippen molar-refractivity contribution in [3.05, 3.63) is 0 Å². The second kappa shape index (κ2) is 2.96. The molecule has 0 aromatic carbocycles. The van der Waals surface area contributed by atoms with Crippen LogP contribution in [0.5, 0.6) is 0 Å². The van der Waals surface area contributed by atoms with Crippen LogP contribution in [0.4, 0.5) is 0 Å². The van der Waals surface area contributed by atoms with E-state index in [2.05, 4.69) is 52.2 Å². The molecule has 2 aliphatic rings. The van der Waals surface area contributed by atoms with Crippen molar-refractivity contribution in [2.24, 2.45) is 17.8 Å². The Hall–Kier alpha value is 0.325. The Balaban J connectivity index is 2.42. The molecule has 1 aliphatic heterocycles. The van der Waals surface area contributed by atoms with Gasteiger partial charge in [0.15, 0.2) is 0 Å². The molecule has 0 spiro atoms. The smallest absolute Gasteiger partial charge is 0.0967 e. The van der Waals surface area contributed by atoms with E-state index in [0.29, 0.717) is 15.6 Å². The summed E-state index contributed by atoms with van der Waals surface area (Å²) in [5.41, 5.74) is 0. The molecule has 1 saturated carbocycles. The van der Waals surface area contributed by atoms with Gasteiger partial charge in [-0.05, 0) is 17.8 Å². The number of hydrogen-bond donors (Lipinski definition) is 0. The largest absolute Gasteiger partial charge is 0.115 e. The minimum absolute atomic E-state index is 0.538. The van der Waals surface area contributed by atoms with Gasteiger partial charge in [0.05, 0.1) is 31.4 Å². The predicted molar refractivity (Wildman–Crippen MR) is 81.5 cm³/mol. The standard InChI is InChI=1S/C10H23B5/c1-4-6-7(5(2)3)8(11,12)10(14)9(6,13)15-10/h5-7,15H,4,11-14H2,1-3H3. The lowest BCUT2D eigenvalue weighted by molar-refractivity contribution is 0.265. The van der Waals surface area contributed by atoms with Crippen LogP contribution in [0.3, 0.4) is 0 Å². The van der Waals surface area contributed by atoms with E-state index in [1.165, 1.54) is 13.7 Å². The summed E-state index contributed by atoms with van der Waals surface area (Å²) in [7, 11) is 11.6. The number of fused-ring (bicyclic) bond motifs is 1. The van der Waals surface area contributed by atoms with Gasteiger partial charge >= 0.3 is 0 Å². The van der Waals surface area contributed by atoms with Gasteiger partial charge in [-0.2, -0.15) is 0 Å². The zero-order chi connectivity index (χ0) is 11.6. The molecule has 0 amide bonds. The zero-order valence-corrected chi connectivity index (χ0v) is 11.6. The van der Waals surface area contributed by atoms with Gasteiger partial charge in [-0.1, -0.05) is 42.8 Å². The highest BCUT2D eigenvalue weighted by Gasteiger charge is 2.77. The summed E-state index contributed by atoms with van der Waals surface area (Å²) in [6.45, 7) is 7.24. The van der Waals surface area contributed by atoms with Crippen LogP contribution in [0.25, 0.3) is 0 Å². The van der Waals surface area contributed by atoms with Crippen molar-refractivity contribution < 1.29 is 0 Å². The van der Waals surface area contributed by atoms with Crippen molar-refractivity contribution in [1.29, 1.82) is 0 Å². The quantitative estimate of drug-likeness (QED) is 0.479. The lowest BCUT2D eigenvalue weighted by atomic mass is 9.33. The van der Waals surface area contributed by atoms with Crippen LogP contribution in [-0.2, 0) is 0 Å². The van der Waals surface area contributed by atoms with E-state index >= 15 is 0 Å². The van der Waals surface area contributed by atoms with Gasteiger partial charge in [0.1, 0.15) is 7.28 Å². The van der Waals surface area contributed by atoms with Crippen LogP contribution in [0, 0.1) is 17.8 Å². The third-order valence-corrected chi connectivity index (χ3v) is 6.52. The molecule has 5 heteroatoms. The summed E-state index contributed by atoms with van der Waals surface area (Å²) in [5.74, 6) is 2.72. The van der Waals surface area contributed by atoms with Crippen LogP contribution >= 0.6 is 0 Å². The molecule has 0 radical (unpaired) electrons. The Morgan fingerprint density at radius 2 is 1.73 bits per heavy atom. The Labute approximate surface area is 99.6 Å². The summed E-state index contributed by atoms with van der Waals surface area (Å²) in [5, 5.41) is 1.81.